The zero-order valence-electron chi connectivity index (χ0n) is 9.84. The number of anilines is 1. The van der Waals surface area contributed by atoms with Gasteiger partial charge in [0.25, 0.3) is 0 Å². The van der Waals surface area contributed by atoms with Crippen LogP contribution in [0.1, 0.15) is 10.4 Å². The molecule has 98 valence electrons. The van der Waals surface area contributed by atoms with Gasteiger partial charge in [0.05, 0.1) is 6.54 Å². The molecule has 2 aromatic rings. The minimum Gasteiger partial charge on any atom is -0.478 e. The highest BCUT2D eigenvalue weighted by atomic mass is 35.5. The Balaban J connectivity index is 1.93. The van der Waals surface area contributed by atoms with E-state index < -0.39 is 5.97 Å². The van der Waals surface area contributed by atoms with Crippen LogP contribution in [0, 0.1) is 0 Å². The van der Waals surface area contributed by atoms with Crippen LogP contribution in [0.3, 0.4) is 0 Å². The first-order chi connectivity index (χ1) is 9.13. The summed E-state index contributed by atoms with van der Waals surface area (Å²) in [6.07, 6.45) is 4.40. The molecule has 19 heavy (non-hydrogen) atoms. The summed E-state index contributed by atoms with van der Waals surface area (Å²) < 4.78 is 0.533. The Labute approximate surface area is 119 Å². The number of rotatable bonds is 5. The average molecular weight is 295 g/mol. The fourth-order valence-corrected chi connectivity index (χ4v) is 2.35. The van der Waals surface area contributed by atoms with E-state index in [1.165, 1.54) is 11.3 Å². The molecule has 1 aromatic heterocycles. The third kappa shape index (κ3) is 4.39. The van der Waals surface area contributed by atoms with Gasteiger partial charge in [-0.15, -0.1) is 11.3 Å². The van der Waals surface area contributed by atoms with Crippen LogP contribution in [0.4, 0.5) is 5.69 Å². The van der Waals surface area contributed by atoms with Crippen molar-refractivity contribution in [2.75, 3.05) is 5.32 Å². The van der Waals surface area contributed by atoms with Crippen molar-refractivity contribution in [2.24, 2.45) is 0 Å². The number of halogens is 1. The summed E-state index contributed by atoms with van der Waals surface area (Å²) in [4.78, 5) is 15.4. The van der Waals surface area contributed by atoms with Gasteiger partial charge in [0.1, 0.15) is 0 Å². The van der Waals surface area contributed by atoms with E-state index in [1.807, 2.05) is 24.3 Å². The topological polar surface area (TPSA) is 62.2 Å². The van der Waals surface area contributed by atoms with Gasteiger partial charge in [-0.25, -0.2) is 9.78 Å². The number of hydrogen-bond acceptors (Lipinski definition) is 4. The standard InChI is InChI=1S/C13H11ClN2O2S/c14-13-16-8-11(19-13)7-15-10-4-1-9(2-5-10)3-6-12(17)18/h1-6,8,15H,7H2,(H,17,18). The van der Waals surface area contributed by atoms with Gasteiger partial charge in [0.2, 0.25) is 0 Å². The third-order valence-electron chi connectivity index (χ3n) is 2.32. The number of aliphatic carboxylic acids is 1. The van der Waals surface area contributed by atoms with E-state index in [0.29, 0.717) is 11.0 Å². The average Bonchev–Trinajstić information content (AvgIpc) is 2.81. The van der Waals surface area contributed by atoms with Crippen LogP contribution in [-0.4, -0.2) is 16.1 Å². The molecule has 0 saturated carbocycles. The summed E-state index contributed by atoms with van der Waals surface area (Å²) >= 11 is 7.18. The van der Waals surface area contributed by atoms with Gasteiger partial charge in [-0.2, -0.15) is 0 Å². The largest absolute Gasteiger partial charge is 0.478 e. The zero-order valence-corrected chi connectivity index (χ0v) is 11.4. The number of carboxylic acids is 1. The van der Waals surface area contributed by atoms with Crippen molar-refractivity contribution in [3.05, 3.63) is 51.4 Å². The minimum atomic E-state index is -0.954. The SMILES string of the molecule is O=C(O)C=Cc1ccc(NCc2cnc(Cl)s2)cc1. The first kappa shape index (κ1) is 13.6. The fraction of sp³-hybridized carbons (Fsp3) is 0.0769. The Morgan fingerprint density at radius 1 is 1.42 bits per heavy atom. The Morgan fingerprint density at radius 2 is 2.16 bits per heavy atom. The molecule has 0 radical (unpaired) electrons. The fourth-order valence-electron chi connectivity index (χ4n) is 1.43. The number of carbonyl (C=O) groups is 1. The van der Waals surface area contributed by atoms with E-state index in [0.717, 1.165) is 22.2 Å². The molecule has 0 amide bonds. The first-order valence-electron chi connectivity index (χ1n) is 5.48. The Bertz CT molecular complexity index is 593. The number of carboxylic acid groups (broad SMARTS) is 1. The minimum absolute atomic E-state index is 0.533. The van der Waals surface area contributed by atoms with Crippen LogP contribution in [0.25, 0.3) is 6.08 Å². The van der Waals surface area contributed by atoms with Crippen molar-refractivity contribution in [3.63, 3.8) is 0 Å². The van der Waals surface area contributed by atoms with Gasteiger partial charge in [-0.1, -0.05) is 23.7 Å². The molecule has 4 nitrogen and oxygen atoms in total. The lowest BCUT2D eigenvalue weighted by atomic mass is 10.2. The van der Waals surface area contributed by atoms with Crippen LogP contribution < -0.4 is 5.32 Å². The Kier molecular flexibility index (Phi) is 4.54. The van der Waals surface area contributed by atoms with E-state index in [2.05, 4.69) is 10.3 Å². The predicted molar refractivity (Wildman–Crippen MR) is 77.6 cm³/mol. The summed E-state index contributed by atoms with van der Waals surface area (Å²) in [5.41, 5.74) is 1.80. The van der Waals surface area contributed by atoms with Crippen molar-refractivity contribution in [2.45, 2.75) is 6.54 Å². The van der Waals surface area contributed by atoms with Gasteiger partial charge in [0.15, 0.2) is 4.47 Å². The molecule has 6 heteroatoms. The molecule has 0 bridgehead atoms. The highest BCUT2D eigenvalue weighted by molar-refractivity contribution is 7.15. The maximum atomic E-state index is 10.4. The molecule has 1 aromatic carbocycles. The number of thiazole rings is 1. The van der Waals surface area contributed by atoms with Crippen molar-refractivity contribution >= 4 is 40.7 Å². The lowest BCUT2D eigenvalue weighted by Gasteiger charge is -2.04. The second kappa shape index (κ2) is 6.36. The summed E-state index contributed by atoms with van der Waals surface area (Å²) in [5, 5.41) is 11.8. The Morgan fingerprint density at radius 3 is 2.74 bits per heavy atom. The summed E-state index contributed by atoms with van der Waals surface area (Å²) in [7, 11) is 0. The van der Waals surface area contributed by atoms with Crippen LogP contribution in [-0.2, 0) is 11.3 Å². The Hall–Kier alpha value is -1.85. The van der Waals surface area contributed by atoms with E-state index in [1.54, 1.807) is 12.3 Å². The maximum Gasteiger partial charge on any atom is 0.328 e. The van der Waals surface area contributed by atoms with Crippen LogP contribution >= 0.6 is 22.9 Å². The lowest BCUT2D eigenvalue weighted by molar-refractivity contribution is -0.131. The smallest absolute Gasteiger partial charge is 0.328 e. The normalized spacial score (nSPS) is 10.8. The van der Waals surface area contributed by atoms with E-state index in [9.17, 15) is 4.79 Å². The van der Waals surface area contributed by atoms with Gasteiger partial charge < -0.3 is 10.4 Å². The van der Waals surface area contributed by atoms with Crippen LogP contribution in [0.5, 0.6) is 0 Å². The highest BCUT2D eigenvalue weighted by Gasteiger charge is 1.99. The number of nitrogens with zero attached hydrogens (tertiary/aromatic N) is 1. The second-order valence-corrected chi connectivity index (χ2v) is 5.42. The van der Waals surface area contributed by atoms with E-state index in [4.69, 9.17) is 16.7 Å². The number of hydrogen-bond donors (Lipinski definition) is 2. The summed E-state index contributed by atoms with van der Waals surface area (Å²) in [5.74, 6) is -0.954. The van der Waals surface area contributed by atoms with Crippen LogP contribution in [0.15, 0.2) is 36.5 Å². The quantitative estimate of drug-likeness (QED) is 0.829. The first-order valence-corrected chi connectivity index (χ1v) is 6.68. The molecule has 0 aliphatic heterocycles. The molecule has 2 rings (SSSR count). The molecule has 0 spiro atoms. The highest BCUT2D eigenvalue weighted by Crippen LogP contribution is 2.19. The molecule has 2 N–H and O–H groups in total. The van der Waals surface area contributed by atoms with Crippen molar-refractivity contribution in [1.82, 2.24) is 4.98 Å². The molecule has 1 heterocycles. The van der Waals surface area contributed by atoms with Gasteiger partial charge in [0, 0.05) is 22.8 Å². The van der Waals surface area contributed by atoms with Crippen molar-refractivity contribution in [1.29, 1.82) is 0 Å². The van der Waals surface area contributed by atoms with Crippen LogP contribution in [0.2, 0.25) is 4.47 Å². The molecule has 0 fully saturated rings. The van der Waals surface area contributed by atoms with E-state index >= 15 is 0 Å². The second-order valence-electron chi connectivity index (χ2n) is 3.73. The molecule has 0 atom stereocenters. The molecule has 0 aliphatic carbocycles. The predicted octanol–water partition coefficient (Wildman–Crippen LogP) is 3.51. The van der Waals surface area contributed by atoms with Gasteiger partial charge in [-0.3, -0.25) is 0 Å². The summed E-state index contributed by atoms with van der Waals surface area (Å²) in [6.45, 7) is 0.661. The molecular weight excluding hydrogens is 284 g/mol. The maximum absolute atomic E-state index is 10.4. The van der Waals surface area contributed by atoms with Gasteiger partial charge >= 0.3 is 5.97 Å². The molecule has 0 unspecified atom stereocenters. The van der Waals surface area contributed by atoms with Crippen molar-refractivity contribution in [3.8, 4) is 0 Å². The molecule has 0 saturated heterocycles. The number of aromatic nitrogens is 1. The number of nitrogens with one attached hydrogen (secondary N) is 1. The monoisotopic (exact) mass is 294 g/mol. The summed E-state index contributed by atoms with van der Waals surface area (Å²) in [6, 6.07) is 7.48. The number of benzene rings is 1. The lowest BCUT2D eigenvalue weighted by Crippen LogP contribution is -1.96. The van der Waals surface area contributed by atoms with Gasteiger partial charge in [-0.05, 0) is 23.8 Å². The molecule has 0 aliphatic rings. The van der Waals surface area contributed by atoms with E-state index in [-0.39, 0.29) is 0 Å². The van der Waals surface area contributed by atoms with Crippen molar-refractivity contribution < 1.29 is 9.90 Å². The molecular formula is C13H11ClN2O2S. The third-order valence-corrected chi connectivity index (χ3v) is 3.44. The zero-order chi connectivity index (χ0) is 13.7.